The highest BCUT2D eigenvalue weighted by Gasteiger charge is 2.59. The molecule has 0 spiro atoms. The first-order chi connectivity index (χ1) is 18.3. The van der Waals surface area contributed by atoms with Gasteiger partial charge in [-0.2, -0.15) is 5.10 Å². The molecule has 6 nitrogen and oxygen atoms in total. The van der Waals surface area contributed by atoms with Gasteiger partial charge in [0, 0.05) is 28.4 Å². The fourth-order valence-corrected chi connectivity index (χ4v) is 5.82. The van der Waals surface area contributed by atoms with E-state index < -0.39 is 5.66 Å². The van der Waals surface area contributed by atoms with E-state index in [0.29, 0.717) is 13.2 Å². The lowest BCUT2D eigenvalue weighted by Crippen LogP contribution is -2.58. The molecule has 2 aliphatic rings. The number of carbonyl (C=O) groups excluding carboxylic acids is 1. The van der Waals surface area contributed by atoms with Crippen LogP contribution in [-0.2, 0) is 10.2 Å². The zero-order valence-electron chi connectivity index (χ0n) is 22.2. The topological polar surface area (TPSA) is 59.4 Å². The number of carbonyl (C=O) groups is 1. The normalized spacial score (nSPS) is 19.5. The summed E-state index contributed by atoms with van der Waals surface area (Å²) in [7, 11) is 0. The number of para-hydroxylation sites is 1. The number of hydrogen-bond acceptors (Lipinski definition) is 4. The monoisotopic (exact) mass is 504 g/mol. The van der Waals surface area contributed by atoms with Crippen LogP contribution in [0.4, 0.5) is 5.69 Å². The molecule has 0 unspecified atom stereocenters. The Morgan fingerprint density at radius 1 is 1.05 bits per heavy atom. The van der Waals surface area contributed by atoms with Crippen LogP contribution in [-0.4, -0.2) is 34.5 Å². The Balaban J connectivity index is 1.46. The summed E-state index contributed by atoms with van der Waals surface area (Å²) in [4.78, 5) is 15.0. The highest BCUT2D eigenvalue weighted by atomic mass is 16.5. The first kappa shape index (κ1) is 24.0. The van der Waals surface area contributed by atoms with Crippen molar-refractivity contribution in [2.24, 2.45) is 0 Å². The van der Waals surface area contributed by atoms with Crippen molar-refractivity contribution in [2.45, 2.75) is 38.8 Å². The van der Waals surface area contributed by atoms with Crippen molar-refractivity contribution in [3.8, 4) is 22.7 Å². The van der Waals surface area contributed by atoms with Gasteiger partial charge in [-0.3, -0.25) is 4.79 Å². The van der Waals surface area contributed by atoms with Crippen LogP contribution >= 0.6 is 0 Å². The summed E-state index contributed by atoms with van der Waals surface area (Å²) in [5.74, 6) is 0.862. The minimum atomic E-state index is -0.675. The summed E-state index contributed by atoms with van der Waals surface area (Å²) in [6.07, 6.45) is 6.31. The number of amides is 1. The number of fused-ring (bicyclic) bond motifs is 3. The summed E-state index contributed by atoms with van der Waals surface area (Å²) in [6.45, 7) is 9.47. The number of anilines is 1. The van der Waals surface area contributed by atoms with Gasteiger partial charge in [-0.25, -0.2) is 4.68 Å². The molecular formula is C32H32N4O2. The van der Waals surface area contributed by atoms with E-state index >= 15 is 0 Å². The predicted molar refractivity (Wildman–Crippen MR) is 152 cm³/mol. The number of rotatable bonds is 6. The maximum Gasteiger partial charge on any atom is 0.241 e. The van der Waals surface area contributed by atoms with E-state index in [0.717, 1.165) is 33.9 Å². The van der Waals surface area contributed by atoms with Gasteiger partial charge in [-0.15, -0.1) is 0 Å². The van der Waals surface area contributed by atoms with Gasteiger partial charge in [-0.05, 0) is 68.0 Å². The van der Waals surface area contributed by atoms with E-state index in [1.165, 1.54) is 11.1 Å². The van der Waals surface area contributed by atoms with Crippen LogP contribution < -0.4 is 15.0 Å². The molecule has 0 bridgehead atoms. The number of nitrogens with zero attached hydrogens (tertiary/aromatic N) is 3. The number of benzene rings is 3. The van der Waals surface area contributed by atoms with Crippen LogP contribution in [0.3, 0.4) is 0 Å². The van der Waals surface area contributed by atoms with E-state index in [1.54, 1.807) is 0 Å². The Kier molecular flexibility index (Phi) is 5.64. The Morgan fingerprint density at radius 3 is 2.55 bits per heavy atom. The number of aromatic nitrogens is 2. The lowest BCUT2D eigenvalue weighted by Gasteiger charge is -2.40. The smallest absolute Gasteiger partial charge is 0.241 e. The first-order valence-electron chi connectivity index (χ1n) is 13.1. The number of hydrogen-bond donors (Lipinski definition) is 1. The molecule has 1 fully saturated rings. The molecule has 192 valence electrons. The third-order valence-electron chi connectivity index (χ3n) is 7.83. The maximum atomic E-state index is 12.8. The first-order valence-corrected chi connectivity index (χ1v) is 13.1. The Labute approximate surface area is 223 Å². The molecular weight excluding hydrogens is 472 g/mol. The number of ether oxygens (including phenoxy) is 1. The standard InChI is InChI=1S/C32H32N4O2/c1-5-38-26-14-12-23(13-15-26)30-24(20-36(34-30)25-9-7-6-8-10-25)17-18-32-31(3,4)27-19-22(2)11-16-28(27)35(32)21-29(37)33-32/h6-20H,5,21H2,1-4H3,(H,33,37)/b18-17+/t32-/m0/s1. The molecule has 1 amide bonds. The van der Waals surface area contributed by atoms with E-state index in [9.17, 15) is 4.79 Å². The number of nitrogens with one attached hydrogen (secondary N) is 1. The van der Waals surface area contributed by atoms with Gasteiger partial charge in [0.25, 0.3) is 0 Å². The summed E-state index contributed by atoms with van der Waals surface area (Å²) in [6, 6.07) is 24.6. The maximum absolute atomic E-state index is 12.8. The van der Waals surface area contributed by atoms with Crippen molar-refractivity contribution in [1.29, 1.82) is 0 Å². The van der Waals surface area contributed by atoms with Crippen LogP contribution in [0.25, 0.3) is 23.0 Å². The summed E-state index contributed by atoms with van der Waals surface area (Å²) < 4.78 is 7.56. The molecule has 1 aromatic heterocycles. The van der Waals surface area contributed by atoms with Crippen LogP contribution in [0.15, 0.2) is 85.1 Å². The van der Waals surface area contributed by atoms with Gasteiger partial charge < -0.3 is 15.0 Å². The van der Waals surface area contributed by atoms with E-state index in [1.807, 2.05) is 66.2 Å². The molecule has 4 aromatic rings. The quantitative estimate of drug-likeness (QED) is 0.356. The third-order valence-corrected chi connectivity index (χ3v) is 7.83. The van der Waals surface area contributed by atoms with Crippen molar-refractivity contribution in [3.05, 3.63) is 102 Å². The van der Waals surface area contributed by atoms with Crippen molar-refractivity contribution >= 4 is 17.7 Å². The van der Waals surface area contributed by atoms with Gasteiger partial charge >= 0.3 is 0 Å². The Bertz CT molecular complexity index is 1540. The Hall–Kier alpha value is -4.32. The zero-order valence-corrected chi connectivity index (χ0v) is 22.2. The van der Waals surface area contributed by atoms with Gasteiger partial charge in [0.1, 0.15) is 11.4 Å². The molecule has 38 heavy (non-hydrogen) atoms. The molecule has 0 aliphatic carbocycles. The average molecular weight is 505 g/mol. The van der Waals surface area contributed by atoms with Gasteiger partial charge in [0.15, 0.2) is 0 Å². The highest BCUT2D eigenvalue weighted by Crippen LogP contribution is 2.53. The molecule has 6 heteroatoms. The fourth-order valence-electron chi connectivity index (χ4n) is 5.82. The summed E-state index contributed by atoms with van der Waals surface area (Å²) in [5.41, 5.74) is 6.36. The average Bonchev–Trinajstić information content (AvgIpc) is 3.54. The molecule has 6 rings (SSSR count). The SMILES string of the molecule is CCOc1ccc(-c2nn(-c3ccccc3)cc2/C=C/[C@]23NC(=O)CN2c2ccc(C)cc2C3(C)C)cc1. The predicted octanol–water partition coefficient (Wildman–Crippen LogP) is 5.88. The van der Waals surface area contributed by atoms with Crippen LogP contribution in [0.2, 0.25) is 0 Å². The van der Waals surface area contributed by atoms with Crippen molar-refractivity contribution < 1.29 is 9.53 Å². The molecule has 3 aromatic carbocycles. The van der Waals surface area contributed by atoms with E-state index in [-0.39, 0.29) is 11.3 Å². The number of aryl methyl sites for hydroxylation is 1. The van der Waals surface area contributed by atoms with E-state index in [4.69, 9.17) is 9.84 Å². The van der Waals surface area contributed by atoms with Crippen LogP contribution in [0.5, 0.6) is 5.75 Å². The lowest BCUT2D eigenvalue weighted by molar-refractivity contribution is -0.118. The van der Waals surface area contributed by atoms with Gasteiger partial charge in [0.05, 0.1) is 24.5 Å². The van der Waals surface area contributed by atoms with Gasteiger partial charge in [-0.1, -0.05) is 55.8 Å². The van der Waals surface area contributed by atoms with E-state index in [2.05, 4.69) is 67.5 Å². The molecule has 1 N–H and O–H groups in total. The molecule has 0 radical (unpaired) electrons. The zero-order chi connectivity index (χ0) is 26.5. The molecule has 2 aliphatic heterocycles. The van der Waals surface area contributed by atoms with Crippen molar-refractivity contribution in [2.75, 3.05) is 18.1 Å². The minimum absolute atomic E-state index is 0.0284. The second-order valence-electron chi connectivity index (χ2n) is 10.6. The molecule has 1 atom stereocenters. The Morgan fingerprint density at radius 2 is 1.82 bits per heavy atom. The van der Waals surface area contributed by atoms with Crippen LogP contribution in [0.1, 0.15) is 37.5 Å². The van der Waals surface area contributed by atoms with Crippen LogP contribution in [0, 0.1) is 6.92 Å². The second kappa shape index (κ2) is 8.91. The highest BCUT2D eigenvalue weighted by molar-refractivity contribution is 5.92. The fraction of sp³-hybridized carbons (Fsp3) is 0.250. The minimum Gasteiger partial charge on any atom is -0.494 e. The second-order valence-corrected chi connectivity index (χ2v) is 10.6. The molecule has 3 heterocycles. The lowest BCUT2D eigenvalue weighted by atomic mass is 9.75. The van der Waals surface area contributed by atoms with Crippen molar-refractivity contribution in [1.82, 2.24) is 15.1 Å². The summed E-state index contributed by atoms with van der Waals surface area (Å²) >= 11 is 0. The third kappa shape index (κ3) is 3.71. The molecule has 0 saturated carbocycles. The largest absolute Gasteiger partial charge is 0.494 e. The summed E-state index contributed by atoms with van der Waals surface area (Å²) in [5, 5.41) is 8.31. The van der Waals surface area contributed by atoms with Crippen molar-refractivity contribution in [3.63, 3.8) is 0 Å². The molecule has 1 saturated heterocycles. The van der Waals surface area contributed by atoms with Gasteiger partial charge in [0.2, 0.25) is 5.91 Å².